The molecule has 0 unspecified atom stereocenters. The minimum Gasteiger partial charge on any atom is -0.391 e. The van der Waals surface area contributed by atoms with Crippen LogP contribution in [0.1, 0.15) is 13.8 Å². The lowest BCUT2D eigenvalue weighted by Gasteiger charge is -2.26. The summed E-state index contributed by atoms with van der Waals surface area (Å²) in [7, 11) is -2.35. The number of fused-ring (bicyclic) bond motifs is 3. The van der Waals surface area contributed by atoms with Crippen LogP contribution < -0.4 is 5.19 Å². The Kier molecular flexibility index (Phi) is 4.87. The van der Waals surface area contributed by atoms with Gasteiger partial charge in [0.25, 0.3) is 0 Å². The van der Waals surface area contributed by atoms with Crippen LogP contribution in [-0.4, -0.2) is 26.3 Å². The molecule has 27 heavy (non-hydrogen) atoms. The number of benzene rings is 3. The van der Waals surface area contributed by atoms with Crippen molar-refractivity contribution in [2.24, 2.45) is 0 Å². The summed E-state index contributed by atoms with van der Waals surface area (Å²) in [6, 6.07) is 25.8. The third-order valence-corrected chi connectivity index (χ3v) is 8.13. The van der Waals surface area contributed by atoms with Gasteiger partial charge in [0, 0.05) is 29.7 Å². The minimum absolute atomic E-state index is 0.664. The fraction of sp³-hybridized carbons (Fsp3) is 0.217. The number of nitrogens with zero attached hydrogens (tertiary/aromatic N) is 1. The molecular weight excluding hydrogens is 350 g/mol. The predicted octanol–water partition coefficient (Wildman–Crippen LogP) is 5.14. The topological polar surface area (TPSA) is 23.4 Å². The van der Waals surface area contributed by atoms with Crippen molar-refractivity contribution >= 4 is 35.6 Å². The molecule has 0 saturated carbocycles. The van der Waals surface area contributed by atoms with E-state index in [1.54, 1.807) is 0 Å². The maximum Gasteiger partial charge on any atom is 0.369 e. The molecule has 0 fully saturated rings. The summed E-state index contributed by atoms with van der Waals surface area (Å²) < 4.78 is 14.4. The highest BCUT2D eigenvalue weighted by molar-refractivity contribution is 6.79. The van der Waals surface area contributed by atoms with E-state index < -0.39 is 8.56 Å². The quantitative estimate of drug-likeness (QED) is 0.436. The van der Waals surface area contributed by atoms with E-state index in [9.17, 15) is 0 Å². The standard InChI is InChI=1S/C23H25NO2Si/c1-4-25-27(3,26-5-2)19-16-14-18(15-17-19)24-22-12-8-6-10-20(22)21-11-7-9-13-23(21)24/h6-17H,4-5H2,1-3H3. The third kappa shape index (κ3) is 3.10. The Hall–Kier alpha value is -2.40. The van der Waals surface area contributed by atoms with Crippen molar-refractivity contribution in [3.05, 3.63) is 72.8 Å². The van der Waals surface area contributed by atoms with Crippen LogP contribution in [0.15, 0.2) is 72.8 Å². The Bertz CT molecular complexity index is 1010. The first-order chi connectivity index (χ1) is 13.2. The van der Waals surface area contributed by atoms with Gasteiger partial charge in [-0.3, -0.25) is 0 Å². The Morgan fingerprint density at radius 3 is 1.67 bits per heavy atom. The van der Waals surface area contributed by atoms with E-state index in [0.29, 0.717) is 13.2 Å². The van der Waals surface area contributed by atoms with Crippen LogP contribution in [0.25, 0.3) is 27.5 Å². The minimum atomic E-state index is -2.35. The van der Waals surface area contributed by atoms with E-state index in [1.165, 1.54) is 21.8 Å². The molecule has 4 rings (SSSR count). The number of rotatable bonds is 6. The summed E-state index contributed by atoms with van der Waals surface area (Å²) in [5.41, 5.74) is 3.60. The van der Waals surface area contributed by atoms with Crippen molar-refractivity contribution in [2.45, 2.75) is 20.4 Å². The van der Waals surface area contributed by atoms with Crippen molar-refractivity contribution in [3.63, 3.8) is 0 Å². The molecule has 0 spiro atoms. The first-order valence-corrected chi connectivity index (χ1v) is 11.9. The average Bonchev–Trinajstić information content (AvgIpc) is 3.03. The second kappa shape index (κ2) is 7.31. The Labute approximate surface area is 161 Å². The van der Waals surface area contributed by atoms with Crippen molar-refractivity contribution in [2.75, 3.05) is 13.2 Å². The molecule has 0 radical (unpaired) electrons. The Morgan fingerprint density at radius 1 is 0.704 bits per heavy atom. The number of para-hydroxylation sites is 2. The van der Waals surface area contributed by atoms with E-state index >= 15 is 0 Å². The predicted molar refractivity (Wildman–Crippen MR) is 115 cm³/mol. The molecule has 0 aliphatic heterocycles. The summed E-state index contributed by atoms with van der Waals surface area (Å²) >= 11 is 0. The first-order valence-electron chi connectivity index (χ1n) is 9.55. The third-order valence-electron chi connectivity index (χ3n) is 5.07. The van der Waals surface area contributed by atoms with Gasteiger partial charge in [0.2, 0.25) is 0 Å². The smallest absolute Gasteiger partial charge is 0.369 e. The van der Waals surface area contributed by atoms with Crippen LogP contribution in [0.2, 0.25) is 6.55 Å². The molecule has 0 bridgehead atoms. The first kappa shape index (κ1) is 18.0. The summed E-state index contributed by atoms with van der Waals surface area (Å²) in [6.07, 6.45) is 0. The monoisotopic (exact) mass is 375 g/mol. The maximum atomic E-state index is 6.04. The van der Waals surface area contributed by atoms with Crippen molar-refractivity contribution in [1.82, 2.24) is 4.57 Å². The lowest BCUT2D eigenvalue weighted by molar-refractivity contribution is 0.202. The summed E-state index contributed by atoms with van der Waals surface area (Å²) in [5.74, 6) is 0. The van der Waals surface area contributed by atoms with Crippen molar-refractivity contribution < 1.29 is 8.85 Å². The second-order valence-electron chi connectivity index (χ2n) is 6.73. The summed E-state index contributed by atoms with van der Waals surface area (Å²) in [6.45, 7) is 7.50. The normalized spacial score (nSPS) is 12.1. The van der Waals surface area contributed by atoms with E-state index in [4.69, 9.17) is 8.85 Å². The summed E-state index contributed by atoms with van der Waals surface area (Å²) in [4.78, 5) is 0. The van der Waals surface area contributed by atoms with Crippen LogP contribution in [0.4, 0.5) is 0 Å². The number of hydrogen-bond donors (Lipinski definition) is 0. The molecular formula is C23H25NO2Si. The fourth-order valence-electron chi connectivity index (χ4n) is 3.87. The van der Waals surface area contributed by atoms with Gasteiger partial charge >= 0.3 is 8.56 Å². The van der Waals surface area contributed by atoms with E-state index in [0.717, 1.165) is 10.9 Å². The van der Waals surface area contributed by atoms with Gasteiger partial charge in [-0.2, -0.15) is 0 Å². The van der Waals surface area contributed by atoms with E-state index in [2.05, 4.69) is 83.9 Å². The lowest BCUT2D eigenvalue weighted by Crippen LogP contribution is -2.51. The molecule has 0 aliphatic rings. The fourth-order valence-corrected chi connectivity index (χ4v) is 6.16. The zero-order valence-corrected chi connectivity index (χ0v) is 17.1. The Morgan fingerprint density at radius 2 is 1.19 bits per heavy atom. The van der Waals surface area contributed by atoms with Gasteiger partial charge < -0.3 is 13.4 Å². The van der Waals surface area contributed by atoms with Gasteiger partial charge in [-0.15, -0.1) is 0 Å². The number of hydrogen-bond acceptors (Lipinski definition) is 2. The Balaban J connectivity index is 1.85. The van der Waals surface area contributed by atoms with Crippen LogP contribution in [-0.2, 0) is 8.85 Å². The van der Waals surface area contributed by atoms with Gasteiger partial charge in [-0.25, -0.2) is 0 Å². The van der Waals surface area contributed by atoms with Gasteiger partial charge in [-0.05, 0) is 49.8 Å². The molecule has 0 amide bonds. The molecule has 4 aromatic rings. The SMILES string of the molecule is CCO[Si](C)(OCC)c1ccc(-n2c3ccccc3c3ccccc32)cc1. The zero-order chi connectivity index (χ0) is 18.9. The molecule has 138 valence electrons. The molecule has 0 atom stereocenters. The van der Waals surface area contributed by atoms with Gasteiger partial charge in [0.1, 0.15) is 0 Å². The molecule has 4 heteroatoms. The molecule has 3 aromatic carbocycles. The van der Waals surface area contributed by atoms with Crippen molar-refractivity contribution in [1.29, 1.82) is 0 Å². The summed E-state index contributed by atoms with van der Waals surface area (Å²) in [5, 5.41) is 3.72. The van der Waals surface area contributed by atoms with Gasteiger partial charge in [0.15, 0.2) is 0 Å². The van der Waals surface area contributed by atoms with Gasteiger partial charge in [0.05, 0.1) is 11.0 Å². The van der Waals surface area contributed by atoms with Gasteiger partial charge in [-0.1, -0.05) is 48.5 Å². The van der Waals surface area contributed by atoms with Crippen LogP contribution in [0, 0.1) is 0 Å². The molecule has 3 nitrogen and oxygen atoms in total. The molecule has 0 saturated heterocycles. The van der Waals surface area contributed by atoms with Crippen LogP contribution in [0.3, 0.4) is 0 Å². The average molecular weight is 376 g/mol. The highest BCUT2D eigenvalue weighted by Gasteiger charge is 2.33. The zero-order valence-electron chi connectivity index (χ0n) is 16.1. The molecule has 0 aliphatic carbocycles. The molecule has 1 heterocycles. The molecule has 1 aromatic heterocycles. The lowest BCUT2D eigenvalue weighted by atomic mass is 10.2. The van der Waals surface area contributed by atoms with Crippen LogP contribution >= 0.6 is 0 Å². The largest absolute Gasteiger partial charge is 0.391 e. The highest BCUT2D eigenvalue weighted by Crippen LogP contribution is 2.31. The van der Waals surface area contributed by atoms with E-state index in [1.807, 2.05) is 13.8 Å². The highest BCUT2D eigenvalue weighted by atomic mass is 28.4. The number of aromatic nitrogens is 1. The van der Waals surface area contributed by atoms with E-state index in [-0.39, 0.29) is 0 Å². The van der Waals surface area contributed by atoms with Crippen LogP contribution in [0.5, 0.6) is 0 Å². The second-order valence-corrected chi connectivity index (χ2v) is 9.77. The maximum absolute atomic E-state index is 6.04. The van der Waals surface area contributed by atoms with Crippen molar-refractivity contribution in [3.8, 4) is 5.69 Å². The molecule has 0 N–H and O–H groups in total.